The SMILES string of the molecule is CSc1sc(C(=N)N)cc1NC(=O)C(C)(C)C. The number of rotatable bonds is 3. The van der Waals surface area contributed by atoms with Gasteiger partial charge in [-0.25, -0.2) is 0 Å². The van der Waals surface area contributed by atoms with Crippen LogP contribution in [0.1, 0.15) is 25.6 Å². The number of carbonyl (C=O) groups is 1. The Labute approximate surface area is 109 Å². The van der Waals surface area contributed by atoms with Crippen molar-refractivity contribution in [3.8, 4) is 0 Å². The number of thioether (sulfide) groups is 1. The highest BCUT2D eigenvalue weighted by molar-refractivity contribution is 8.00. The third-order valence-electron chi connectivity index (χ3n) is 2.08. The summed E-state index contributed by atoms with van der Waals surface area (Å²) in [6.07, 6.45) is 1.93. The molecule has 0 unspecified atom stereocenters. The van der Waals surface area contributed by atoms with E-state index < -0.39 is 5.41 Å². The van der Waals surface area contributed by atoms with Crippen molar-refractivity contribution in [3.05, 3.63) is 10.9 Å². The number of nitrogen functional groups attached to an aromatic ring is 1. The molecular formula is C11H17N3OS2. The van der Waals surface area contributed by atoms with Gasteiger partial charge in [-0.2, -0.15) is 0 Å². The highest BCUT2D eigenvalue weighted by Crippen LogP contribution is 2.35. The lowest BCUT2D eigenvalue weighted by molar-refractivity contribution is -0.123. The Kier molecular flexibility index (Phi) is 4.21. The molecule has 0 saturated carbocycles. The van der Waals surface area contributed by atoms with E-state index in [1.807, 2.05) is 27.0 Å². The Hall–Kier alpha value is -1.01. The van der Waals surface area contributed by atoms with Crippen molar-refractivity contribution in [1.29, 1.82) is 5.41 Å². The predicted octanol–water partition coefficient (Wildman–Crippen LogP) is 2.74. The topological polar surface area (TPSA) is 79.0 Å². The number of anilines is 1. The minimum atomic E-state index is -0.437. The summed E-state index contributed by atoms with van der Waals surface area (Å²) in [4.78, 5) is 12.6. The predicted molar refractivity (Wildman–Crippen MR) is 75.2 cm³/mol. The maximum atomic E-state index is 11.9. The van der Waals surface area contributed by atoms with Crippen LogP contribution in [0.15, 0.2) is 10.3 Å². The monoisotopic (exact) mass is 271 g/mol. The standard InChI is InChI=1S/C11H17N3OS2/c1-11(2,3)10(15)14-6-5-7(8(12)13)17-9(6)16-4/h5H,1-4H3,(H3,12,13)(H,14,15). The van der Waals surface area contributed by atoms with Gasteiger partial charge in [-0.3, -0.25) is 10.2 Å². The van der Waals surface area contributed by atoms with E-state index in [0.717, 1.165) is 9.90 Å². The molecule has 0 bridgehead atoms. The van der Waals surface area contributed by atoms with Gasteiger partial charge < -0.3 is 11.1 Å². The fraction of sp³-hybridized carbons (Fsp3) is 0.455. The Morgan fingerprint density at radius 3 is 2.53 bits per heavy atom. The summed E-state index contributed by atoms with van der Waals surface area (Å²) >= 11 is 2.96. The number of hydrogen-bond donors (Lipinski definition) is 3. The molecule has 4 nitrogen and oxygen atoms in total. The van der Waals surface area contributed by atoms with Crippen molar-refractivity contribution in [3.63, 3.8) is 0 Å². The molecule has 1 aromatic heterocycles. The van der Waals surface area contributed by atoms with Crippen molar-refractivity contribution in [1.82, 2.24) is 0 Å². The van der Waals surface area contributed by atoms with Gasteiger partial charge in [0, 0.05) is 5.41 Å². The number of amidine groups is 1. The molecular weight excluding hydrogens is 254 g/mol. The summed E-state index contributed by atoms with van der Waals surface area (Å²) in [5, 5.41) is 10.3. The average Bonchev–Trinajstić information content (AvgIpc) is 2.59. The van der Waals surface area contributed by atoms with E-state index in [1.165, 1.54) is 23.1 Å². The van der Waals surface area contributed by atoms with Crippen LogP contribution in [0.25, 0.3) is 0 Å². The number of thiophene rings is 1. The third kappa shape index (κ3) is 3.47. The highest BCUT2D eigenvalue weighted by atomic mass is 32.2. The number of amides is 1. The lowest BCUT2D eigenvalue weighted by Gasteiger charge is -2.17. The van der Waals surface area contributed by atoms with E-state index in [2.05, 4.69) is 5.32 Å². The molecule has 1 amide bonds. The van der Waals surface area contributed by atoms with Crippen molar-refractivity contribution in [2.75, 3.05) is 11.6 Å². The minimum absolute atomic E-state index is 0.0292. The summed E-state index contributed by atoms with van der Waals surface area (Å²) in [5.41, 5.74) is 5.75. The Morgan fingerprint density at radius 1 is 1.53 bits per heavy atom. The quantitative estimate of drug-likeness (QED) is 0.449. The molecule has 6 heteroatoms. The molecule has 1 heterocycles. The second-order valence-corrected chi connectivity index (χ2v) is 6.76. The highest BCUT2D eigenvalue weighted by Gasteiger charge is 2.23. The first-order valence-corrected chi connectivity index (χ1v) is 7.13. The van der Waals surface area contributed by atoms with Crippen LogP contribution < -0.4 is 11.1 Å². The van der Waals surface area contributed by atoms with E-state index in [-0.39, 0.29) is 11.7 Å². The van der Waals surface area contributed by atoms with E-state index in [1.54, 1.807) is 6.07 Å². The van der Waals surface area contributed by atoms with Crippen LogP contribution in [-0.2, 0) is 4.79 Å². The zero-order chi connectivity index (χ0) is 13.2. The normalized spacial score (nSPS) is 11.3. The van der Waals surface area contributed by atoms with Crippen LogP contribution in [-0.4, -0.2) is 18.0 Å². The van der Waals surface area contributed by atoms with Gasteiger partial charge in [-0.05, 0) is 12.3 Å². The largest absolute Gasteiger partial charge is 0.383 e. The van der Waals surface area contributed by atoms with Gasteiger partial charge in [0.25, 0.3) is 0 Å². The second kappa shape index (κ2) is 5.10. The van der Waals surface area contributed by atoms with Gasteiger partial charge in [-0.1, -0.05) is 20.8 Å². The fourth-order valence-electron chi connectivity index (χ4n) is 1.06. The maximum Gasteiger partial charge on any atom is 0.229 e. The van der Waals surface area contributed by atoms with Crippen LogP contribution >= 0.6 is 23.1 Å². The Morgan fingerprint density at radius 2 is 2.12 bits per heavy atom. The van der Waals surface area contributed by atoms with Gasteiger partial charge in [0.15, 0.2) is 0 Å². The summed E-state index contributed by atoms with van der Waals surface area (Å²) in [5.74, 6) is -0.0118. The maximum absolute atomic E-state index is 11.9. The molecule has 0 aliphatic carbocycles. The number of carbonyl (C=O) groups excluding carboxylic acids is 1. The Balaban J connectivity index is 2.98. The smallest absolute Gasteiger partial charge is 0.229 e. The van der Waals surface area contributed by atoms with Gasteiger partial charge in [0.05, 0.1) is 14.8 Å². The summed E-state index contributed by atoms with van der Waals surface area (Å²) in [6.45, 7) is 5.58. The molecule has 0 aliphatic heterocycles. The number of hydrogen-bond acceptors (Lipinski definition) is 4. The molecule has 0 aromatic carbocycles. The van der Waals surface area contributed by atoms with Crippen LogP contribution in [0.4, 0.5) is 5.69 Å². The summed E-state index contributed by atoms with van der Waals surface area (Å²) in [7, 11) is 0. The Bertz CT molecular complexity index is 446. The lowest BCUT2D eigenvalue weighted by Crippen LogP contribution is -2.27. The first-order valence-electron chi connectivity index (χ1n) is 5.09. The van der Waals surface area contributed by atoms with Gasteiger partial charge in [-0.15, -0.1) is 23.1 Å². The zero-order valence-corrected chi connectivity index (χ0v) is 12.0. The average molecular weight is 271 g/mol. The molecule has 4 N–H and O–H groups in total. The van der Waals surface area contributed by atoms with Crippen molar-refractivity contribution in [2.24, 2.45) is 11.1 Å². The van der Waals surface area contributed by atoms with Crippen molar-refractivity contribution in [2.45, 2.75) is 25.0 Å². The van der Waals surface area contributed by atoms with E-state index in [4.69, 9.17) is 11.1 Å². The molecule has 0 spiro atoms. The van der Waals surface area contributed by atoms with E-state index >= 15 is 0 Å². The van der Waals surface area contributed by atoms with Crippen LogP contribution in [0.2, 0.25) is 0 Å². The fourth-order valence-corrected chi connectivity index (χ4v) is 2.69. The van der Waals surface area contributed by atoms with Crippen LogP contribution in [0.5, 0.6) is 0 Å². The summed E-state index contributed by atoms with van der Waals surface area (Å²) < 4.78 is 0.966. The van der Waals surface area contributed by atoms with Gasteiger partial charge >= 0.3 is 0 Å². The number of nitrogens with one attached hydrogen (secondary N) is 2. The first-order chi connectivity index (χ1) is 7.75. The summed E-state index contributed by atoms with van der Waals surface area (Å²) in [6, 6.07) is 1.75. The molecule has 1 rings (SSSR count). The molecule has 94 valence electrons. The van der Waals surface area contributed by atoms with E-state index in [9.17, 15) is 4.79 Å². The zero-order valence-electron chi connectivity index (χ0n) is 10.4. The molecule has 0 fully saturated rings. The molecule has 0 aliphatic rings. The molecule has 0 radical (unpaired) electrons. The van der Waals surface area contributed by atoms with Gasteiger partial charge in [0.1, 0.15) is 5.84 Å². The molecule has 1 aromatic rings. The third-order valence-corrected chi connectivity index (χ3v) is 4.38. The number of nitrogens with two attached hydrogens (primary N) is 1. The van der Waals surface area contributed by atoms with E-state index in [0.29, 0.717) is 4.88 Å². The second-order valence-electron chi connectivity index (χ2n) is 4.63. The molecule has 0 saturated heterocycles. The van der Waals surface area contributed by atoms with Gasteiger partial charge in [0.2, 0.25) is 5.91 Å². The van der Waals surface area contributed by atoms with Crippen LogP contribution in [0.3, 0.4) is 0 Å². The van der Waals surface area contributed by atoms with Crippen molar-refractivity contribution >= 4 is 40.5 Å². The minimum Gasteiger partial charge on any atom is -0.383 e. The van der Waals surface area contributed by atoms with Crippen molar-refractivity contribution < 1.29 is 4.79 Å². The first kappa shape index (κ1) is 14.1. The lowest BCUT2D eigenvalue weighted by atomic mass is 9.96. The molecule has 17 heavy (non-hydrogen) atoms. The van der Waals surface area contributed by atoms with Crippen LogP contribution in [0, 0.1) is 10.8 Å². The molecule has 0 atom stereocenters.